The Labute approximate surface area is 92.0 Å². The number of aromatic nitrogens is 1. The normalized spacial score (nSPS) is 10.1. The molecule has 0 aliphatic heterocycles. The summed E-state index contributed by atoms with van der Waals surface area (Å²) in [6.07, 6.45) is 1.42. The molecule has 1 N–H and O–H groups in total. The highest BCUT2D eigenvalue weighted by molar-refractivity contribution is 5.40. The summed E-state index contributed by atoms with van der Waals surface area (Å²) >= 11 is 0. The summed E-state index contributed by atoms with van der Waals surface area (Å²) in [7, 11) is 0. The Hall–Kier alpha value is -1.97. The van der Waals surface area contributed by atoms with E-state index in [4.69, 9.17) is 0 Å². The van der Waals surface area contributed by atoms with Gasteiger partial charge in [0.25, 0.3) is 0 Å². The van der Waals surface area contributed by atoms with Crippen LogP contribution in [-0.2, 0) is 6.54 Å². The molecule has 0 bridgehead atoms. The molecule has 0 fully saturated rings. The predicted octanol–water partition coefficient (Wildman–Crippen LogP) is 2.97. The highest BCUT2D eigenvalue weighted by Crippen LogP contribution is 2.08. The zero-order chi connectivity index (χ0) is 11.4. The number of hydrogen-bond acceptors (Lipinski definition) is 2. The van der Waals surface area contributed by atoms with Gasteiger partial charge in [-0.15, -0.1) is 0 Å². The van der Waals surface area contributed by atoms with E-state index in [9.17, 15) is 8.78 Å². The third kappa shape index (κ3) is 2.76. The number of nitrogens with one attached hydrogen (secondary N) is 1. The Kier molecular flexibility index (Phi) is 3.10. The topological polar surface area (TPSA) is 24.9 Å². The van der Waals surface area contributed by atoms with E-state index in [1.165, 1.54) is 24.4 Å². The molecule has 0 saturated carbocycles. The fourth-order valence-corrected chi connectivity index (χ4v) is 1.29. The SMILES string of the molecule is Fc1ccc(CNc2ccc(F)nc2)cc1. The van der Waals surface area contributed by atoms with E-state index in [1.807, 2.05) is 0 Å². The van der Waals surface area contributed by atoms with Gasteiger partial charge in [0.05, 0.1) is 11.9 Å². The van der Waals surface area contributed by atoms with Crippen LogP contribution in [0.15, 0.2) is 42.6 Å². The number of anilines is 1. The van der Waals surface area contributed by atoms with Crippen LogP contribution in [0.4, 0.5) is 14.5 Å². The van der Waals surface area contributed by atoms with Gasteiger partial charge in [-0.25, -0.2) is 9.37 Å². The lowest BCUT2D eigenvalue weighted by molar-refractivity contribution is 0.584. The maximum Gasteiger partial charge on any atom is 0.212 e. The molecule has 0 spiro atoms. The molecule has 82 valence electrons. The maximum atomic E-state index is 12.6. The first kappa shape index (κ1) is 10.5. The molecule has 2 rings (SSSR count). The summed E-state index contributed by atoms with van der Waals surface area (Å²) in [5, 5.41) is 3.06. The van der Waals surface area contributed by atoms with Gasteiger partial charge in [0.2, 0.25) is 5.95 Å². The third-order valence-corrected chi connectivity index (χ3v) is 2.14. The molecule has 4 heteroatoms. The lowest BCUT2D eigenvalue weighted by Gasteiger charge is -2.05. The summed E-state index contributed by atoms with van der Waals surface area (Å²) in [4.78, 5) is 3.52. The summed E-state index contributed by atoms with van der Waals surface area (Å²) in [6, 6.07) is 9.08. The fourth-order valence-electron chi connectivity index (χ4n) is 1.29. The largest absolute Gasteiger partial charge is 0.380 e. The molecule has 1 aromatic heterocycles. The second kappa shape index (κ2) is 4.70. The molecule has 0 amide bonds. The van der Waals surface area contributed by atoms with E-state index in [2.05, 4.69) is 10.3 Å². The van der Waals surface area contributed by atoms with Crippen LogP contribution in [0.25, 0.3) is 0 Å². The molecule has 16 heavy (non-hydrogen) atoms. The predicted molar refractivity (Wildman–Crippen MR) is 57.9 cm³/mol. The van der Waals surface area contributed by atoms with E-state index < -0.39 is 5.95 Å². The number of hydrogen-bond donors (Lipinski definition) is 1. The van der Waals surface area contributed by atoms with Gasteiger partial charge in [0.1, 0.15) is 5.82 Å². The van der Waals surface area contributed by atoms with Crippen LogP contribution in [0.3, 0.4) is 0 Å². The van der Waals surface area contributed by atoms with Crippen molar-refractivity contribution in [1.29, 1.82) is 0 Å². The summed E-state index contributed by atoms with van der Waals surface area (Å²) in [5.74, 6) is -0.764. The number of pyridine rings is 1. The summed E-state index contributed by atoms with van der Waals surface area (Å²) < 4.78 is 25.1. The minimum Gasteiger partial charge on any atom is -0.380 e. The van der Waals surface area contributed by atoms with Crippen molar-refractivity contribution in [3.05, 3.63) is 59.9 Å². The molecule has 0 atom stereocenters. The van der Waals surface area contributed by atoms with Crippen LogP contribution < -0.4 is 5.32 Å². The van der Waals surface area contributed by atoms with Crippen molar-refractivity contribution in [3.63, 3.8) is 0 Å². The molecule has 0 aliphatic carbocycles. The van der Waals surface area contributed by atoms with Gasteiger partial charge in [-0.1, -0.05) is 12.1 Å². The smallest absolute Gasteiger partial charge is 0.212 e. The molecular weight excluding hydrogens is 210 g/mol. The molecule has 2 aromatic rings. The monoisotopic (exact) mass is 220 g/mol. The maximum absolute atomic E-state index is 12.6. The number of halogens is 2. The van der Waals surface area contributed by atoms with Crippen LogP contribution >= 0.6 is 0 Å². The van der Waals surface area contributed by atoms with E-state index in [1.54, 1.807) is 18.2 Å². The zero-order valence-electron chi connectivity index (χ0n) is 8.45. The molecule has 0 saturated heterocycles. The number of nitrogens with zero attached hydrogens (tertiary/aromatic N) is 1. The van der Waals surface area contributed by atoms with Gasteiger partial charge >= 0.3 is 0 Å². The number of rotatable bonds is 3. The zero-order valence-corrected chi connectivity index (χ0v) is 8.45. The first-order valence-electron chi connectivity index (χ1n) is 4.84. The van der Waals surface area contributed by atoms with Crippen molar-refractivity contribution >= 4 is 5.69 Å². The van der Waals surface area contributed by atoms with Crippen LogP contribution in [-0.4, -0.2) is 4.98 Å². The van der Waals surface area contributed by atoms with Crippen LogP contribution in [0, 0.1) is 11.8 Å². The molecule has 1 aromatic carbocycles. The van der Waals surface area contributed by atoms with Gasteiger partial charge in [0.15, 0.2) is 0 Å². The Bertz CT molecular complexity index is 406. The quantitative estimate of drug-likeness (QED) is 0.804. The standard InChI is InChI=1S/C12H10F2N2/c13-10-3-1-9(2-4-10)7-15-11-5-6-12(14)16-8-11/h1-6,8,15H,7H2. The minimum atomic E-state index is -0.507. The second-order valence-corrected chi connectivity index (χ2v) is 3.35. The Morgan fingerprint density at radius 3 is 2.38 bits per heavy atom. The number of benzene rings is 1. The molecule has 1 heterocycles. The lowest BCUT2D eigenvalue weighted by atomic mass is 10.2. The third-order valence-electron chi connectivity index (χ3n) is 2.14. The Balaban J connectivity index is 1.97. The minimum absolute atomic E-state index is 0.257. The van der Waals surface area contributed by atoms with E-state index >= 15 is 0 Å². The first-order valence-corrected chi connectivity index (χ1v) is 4.84. The van der Waals surface area contributed by atoms with Gasteiger partial charge in [-0.3, -0.25) is 0 Å². The van der Waals surface area contributed by atoms with Gasteiger partial charge in [-0.2, -0.15) is 4.39 Å². The van der Waals surface area contributed by atoms with Gasteiger partial charge in [0, 0.05) is 6.54 Å². The van der Waals surface area contributed by atoms with Crippen LogP contribution in [0.1, 0.15) is 5.56 Å². The first-order chi connectivity index (χ1) is 7.74. The Morgan fingerprint density at radius 1 is 1.00 bits per heavy atom. The molecular formula is C12H10F2N2. The van der Waals surface area contributed by atoms with Crippen molar-refractivity contribution in [2.45, 2.75) is 6.54 Å². The average molecular weight is 220 g/mol. The van der Waals surface area contributed by atoms with Crippen molar-refractivity contribution in [1.82, 2.24) is 4.98 Å². The summed E-state index contributed by atoms with van der Waals surface area (Å²) in [6.45, 7) is 0.549. The van der Waals surface area contributed by atoms with Crippen LogP contribution in [0.5, 0.6) is 0 Å². The molecule has 0 aliphatic rings. The highest BCUT2D eigenvalue weighted by atomic mass is 19.1. The van der Waals surface area contributed by atoms with Crippen molar-refractivity contribution in [2.24, 2.45) is 0 Å². The van der Waals surface area contributed by atoms with Crippen molar-refractivity contribution in [2.75, 3.05) is 5.32 Å². The van der Waals surface area contributed by atoms with Gasteiger partial charge in [-0.05, 0) is 29.8 Å². The van der Waals surface area contributed by atoms with Gasteiger partial charge < -0.3 is 5.32 Å². The van der Waals surface area contributed by atoms with Crippen molar-refractivity contribution < 1.29 is 8.78 Å². The molecule has 0 radical (unpaired) electrons. The van der Waals surface area contributed by atoms with Crippen LogP contribution in [0.2, 0.25) is 0 Å². The second-order valence-electron chi connectivity index (χ2n) is 3.35. The van der Waals surface area contributed by atoms with E-state index in [0.717, 1.165) is 11.3 Å². The molecule has 0 unspecified atom stereocenters. The highest BCUT2D eigenvalue weighted by Gasteiger charge is 1.96. The lowest BCUT2D eigenvalue weighted by Crippen LogP contribution is -1.99. The molecule has 2 nitrogen and oxygen atoms in total. The fraction of sp³-hybridized carbons (Fsp3) is 0.0833. The van der Waals surface area contributed by atoms with Crippen molar-refractivity contribution in [3.8, 4) is 0 Å². The van der Waals surface area contributed by atoms with E-state index in [-0.39, 0.29) is 5.82 Å². The van der Waals surface area contributed by atoms with E-state index in [0.29, 0.717) is 6.54 Å². The summed E-state index contributed by atoms with van der Waals surface area (Å²) in [5.41, 5.74) is 1.68. The Morgan fingerprint density at radius 2 is 1.75 bits per heavy atom. The average Bonchev–Trinajstić information content (AvgIpc) is 2.30.